The maximum Gasteiger partial charge on any atom is 0.0339 e. The van der Waals surface area contributed by atoms with Gasteiger partial charge in [0.1, 0.15) is 0 Å². The van der Waals surface area contributed by atoms with E-state index in [0.717, 1.165) is 18.5 Å². The molecule has 64 valence electrons. The van der Waals surface area contributed by atoms with Crippen LogP contribution in [-0.4, -0.2) is 6.04 Å². The van der Waals surface area contributed by atoms with Crippen LogP contribution in [0.15, 0.2) is 49.2 Å². The van der Waals surface area contributed by atoms with Crippen LogP contribution in [-0.2, 0) is 0 Å². The van der Waals surface area contributed by atoms with Gasteiger partial charge in [0.2, 0.25) is 0 Å². The number of hydrogen-bond donors (Lipinski definition) is 1. The molecule has 0 fully saturated rings. The van der Waals surface area contributed by atoms with Gasteiger partial charge in [-0.15, -0.1) is 6.58 Å². The monoisotopic (exact) mass is 161 g/mol. The van der Waals surface area contributed by atoms with Crippen LogP contribution in [0.3, 0.4) is 0 Å². The van der Waals surface area contributed by atoms with E-state index < -0.39 is 0 Å². The van der Waals surface area contributed by atoms with Crippen LogP contribution in [0, 0.1) is 0 Å². The van der Waals surface area contributed by atoms with E-state index in [0.29, 0.717) is 6.04 Å². The van der Waals surface area contributed by atoms with E-state index in [4.69, 9.17) is 0 Å². The Kier molecular flexibility index (Phi) is 3.39. The van der Waals surface area contributed by atoms with E-state index in [9.17, 15) is 0 Å². The molecule has 1 aliphatic rings. The summed E-state index contributed by atoms with van der Waals surface area (Å²) in [6, 6.07) is 0.513. The van der Waals surface area contributed by atoms with Crippen LogP contribution in [0.5, 0.6) is 0 Å². The average molecular weight is 161 g/mol. The van der Waals surface area contributed by atoms with Crippen molar-refractivity contribution in [2.24, 2.45) is 0 Å². The second-order valence-corrected chi connectivity index (χ2v) is 2.86. The molecule has 1 heteroatoms. The summed E-state index contributed by atoms with van der Waals surface area (Å²) in [4.78, 5) is 0. The lowest BCUT2D eigenvalue weighted by atomic mass is 10.1. The minimum Gasteiger partial charge on any atom is -0.382 e. The molecule has 0 aromatic heterocycles. The fourth-order valence-electron chi connectivity index (χ4n) is 1.29. The molecule has 12 heavy (non-hydrogen) atoms. The highest BCUT2D eigenvalue weighted by atomic mass is 14.9. The summed E-state index contributed by atoms with van der Waals surface area (Å²) in [5.41, 5.74) is 1.14. The predicted octanol–water partition coefficient (Wildman–Crippen LogP) is 2.55. The lowest BCUT2D eigenvalue weighted by Crippen LogP contribution is -2.29. The largest absolute Gasteiger partial charge is 0.382 e. The van der Waals surface area contributed by atoms with Crippen molar-refractivity contribution in [1.29, 1.82) is 0 Å². The van der Waals surface area contributed by atoms with E-state index in [2.05, 4.69) is 30.6 Å². The Labute approximate surface area is 74.2 Å². The van der Waals surface area contributed by atoms with Crippen molar-refractivity contribution < 1.29 is 0 Å². The molecule has 1 atom stereocenters. The first-order valence-electron chi connectivity index (χ1n) is 4.23. The zero-order valence-electron chi connectivity index (χ0n) is 7.29. The number of nitrogens with one attached hydrogen (secondary N) is 1. The zero-order valence-corrected chi connectivity index (χ0v) is 7.29. The quantitative estimate of drug-likeness (QED) is 0.627. The van der Waals surface area contributed by atoms with Gasteiger partial charge < -0.3 is 5.32 Å². The van der Waals surface area contributed by atoms with Crippen molar-refractivity contribution in [3.8, 4) is 0 Å². The lowest BCUT2D eigenvalue weighted by Gasteiger charge is -2.21. The summed E-state index contributed by atoms with van der Waals surface area (Å²) in [6.45, 7) is 7.38. The van der Waals surface area contributed by atoms with Crippen molar-refractivity contribution in [3.63, 3.8) is 0 Å². The number of rotatable bonds is 3. The highest BCUT2D eigenvalue weighted by Gasteiger charge is 2.08. The first kappa shape index (κ1) is 8.85. The van der Waals surface area contributed by atoms with Gasteiger partial charge in [-0.3, -0.25) is 0 Å². The molecule has 0 radical (unpaired) electrons. The van der Waals surface area contributed by atoms with Gasteiger partial charge in [0.05, 0.1) is 0 Å². The summed E-state index contributed by atoms with van der Waals surface area (Å²) < 4.78 is 0. The van der Waals surface area contributed by atoms with Crippen LogP contribution in [0.2, 0.25) is 0 Å². The summed E-state index contributed by atoms with van der Waals surface area (Å²) >= 11 is 0. The van der Waals surface area contributed by atoms with E-state index in [1.165, 1.54) is 0 Å². The fraction of sp³-hybridized carbons (Fsp3) is 0.273. The van der Waals surface area contributed by atoms with E-state index in [1.807, 2.05) is 12.2 Å². The number of allylic oxidation sites excluding steroid dienone is 3. The first-order valence-corrected chi connectivity index (χ1v) is 4.23. The number of hydrogen-bond acceptors (Lipinski definition) is 1. The third-order valence-electron chi connectivity index (χ3n) is 1.84. The smallest absolute Gasteiger partial charge is 0.0339 e. The second kappa shape index (κ2) is 4.60. The molecule has 1 aliphatic heterocycles. The Hall–Kier alpha value is -1.24. The normalized spacial score (nSPS) is 25.0. The molecule has 1 heterocycles. The summed E-state index contributed by atoms with van der Waals surface area (Å²) in [5.74, 6) is 0. The molecular formula is C11H15N. The Morgan fingerprint density at radius 2 is 2.42 bits per heavy atom. The van der Waals surface area contributed by atoms with Gasteiger partial charge in [-0.1, -0.05) is 24.8 Å². The molecule has 0 spiro atoms. The van der Waals surface area contributed by atoms with Gasteiger partial charge >= 0.3 is 0 Å². The Morgan fingerprint density at radius 3 is 3.08 bits per heavy atom. The van der Waals surface area contributed by atoms with Gasteiger partial charge in [0.25, 0.3) is 0 Å². The van der Waals surface area contributed by atoms with Crippen LogP contribution in [0.25, 0.3) is 0 Å². The summed E-state index contributed by atoms with van der Waals surface area (Å²) in [6.07, 6.45) is 12.1. The van der Waals surface area contributed by atoms with Crippen molar-refractivity contribution in [1.82, 2.24) is 5.32 Å². The van der Waals surface area contributed by atoms with E-state index in [-0.39, 0.29) is 0 Å². The topological polar surface area (TPSA) is 12.0 Å². The lowest BCUT2D eigenvalue weighted by molar-refractivity contribution is 0.572. The third kappa shape index (κ3) is 2.42. The molecule has 0 aliphatic carbocycles. The maximum atomic E-state index is 3.72. The van der Waals surface area contributed by atoms with E-state index >= 15 is 0 Å². The van der Waals surface area contributed by atoms with Crippen molar-refractivity contribution in [2.75, 3.05) is 0 Å². The van der Waals surface area contributed by atoms with Gasteiger partial charge in [0.15, 0.2) is 0 Å². The molecule has 0 saturated heterocycles. The Morgan fingerprint density at radius 1 is 1.58 bits per heavy atom. The maximum absolute atomic E-state index is 3.72. The van der Waals surface area contributed by atoms with Gasteiger partial charge in [-0.25, -0.2) is 0 Å². The minimum atomic E-state index is 0.513. The van der Waals surface area contributed by atoms with Crippen LogP contribution in [0.4, 0.5) is 0 Å². The molecule has 0 bridgehead atoms. The molecular weight excluding hydrogens is 146 g/mol. The average Bonchev–Trinajstić information content (AvgIpc) is 2.06. The van der Waals surface area contributed by atoms with Gasteiger partial charge in [0, 0.05) is 11.7 Å². The first-order chi connectivity index (χ1) is 5.86. The molecule has 1 N–H and O–H groups in total. The van der Waals surface area contributed by atoms with Crippen molar-refractivity contribution in [3.05, 3.63) is 49.2 Å². The van der Waals surface area contributed by atoms with Gasteiger partial charge in [-0.2, -0.15) is 0 Å². The SMILES string of the molecule is C=C/C=C1\C=CC[C@H](CC=C)N1. The molecule has 1 rings (SSSR count). The van der Waals surface area contributed by atoms with E-state index in [1.54, 1.807) is 6.08 Å². The van der Waals surface area contributed by atoms with Crippen molar-refractivity contribution >= 4 is 0 Å². The fourth-order valence-corrected chi connectivity index (χ4v) is 1.29. The standard InChI is InChI=1S/C11H15N/c1-3-6-10-8-5-9-11(12-10)7-4-2/h3-6,8,11-12H,1-2,7,9H2/b10-6+/t11-/m0/s1. The molecule has 0 aromatic rings. The zero-order chi connectivity index (χ0) is 8.81. The van der Waals surface area contributed by atoms with Crippen LogP contribution >= 0.6 is 0 Å². The van der Waals surface area contributed by atoms with Crippen LogP contribution in [0.1, 0.15) is 12.8 Å². The van der Waals surface area contributed by atoms with Crippen LogP contribution < -0.4 is 5.32 Å². The Balaban J connectivity index is 2.56. The van der Waals surface area contributed by atoms with Crippen molar-refractivity contribution in [2.45, 2.75) is 18.9 Å². The molecule has 0 saturated carbocycles. The predicted molar refractivity (Wildman–Crippen MR) is 53.8 cm³/mol. The minimum absolute atomic E-state index is 0.513. The molecule has 0 unspecified atom stereocenters. The highest BCUT2D eigenvalue weighted by Crippen LogP contribution is 2.10. The molecule has 0 aromatic carbocycles. The van der Waals surface area contributed by atoms with Gasteiger partial charge in [-0.05, 0) is 25.0 Å². The Bertz CT molecular complexity index is 223. The summed E-state index contributed by atoms with van der Waals surface area (Å²) in [7, 11) is 0. The third-order valence-corrected chi connectivity index (χ3v) is 1.84. The molecule has 1 nitrogen and oxygen atoms in total. The highest BCUT2D eigenvalue weighted by molar-refractivity contribution is 5.25. The second-order valence-electron chi connectivity index (χ2n) is 2.86. The summed E-state index contributed by atoms with van der Waals surface area (Å²) in [5, 5.41) is 3.39. The molecule has 0 amide bonds.